The van der Waals surface area contributed by atoms with Crippen LogP contribution in [0, 0.1) is 0 Å². The molecule has 19 heavy (non-hydrogen) atoms. The van der Waals surface area contributed by atoms with Gasteiger partial charge in [-0.1, -0.05) is 12.1 Å². The average molecular weight is 322 g/mol. The van der Waals surface area contributed by atoms with Crippen molar-refractivity contribution >= 4 is 21.6 Å². The summed E-state index contributed by atoms with van der Waals surface area (Å²) >= 11 is 3.44. The Balaban J connectivity index is 1.90. The lowest BCUT2D eigenvalue weighted by atomic mass is 10.1. The lowest BCUT2D eigenvalue weighted by Crippen LogP contribution is -2.02. The van der Waals surface area contributed by atoms with Crippen LogP contribution in [-0.2, 0) is 6.42 Å². The predicted molar refractivity (Wildman–Crippen MR) is 80.7 cm³/mol. The van der Waals surface area contributed by atoms with Crippen LogP contribution >= 0.6 is 15.9 Å². The highest BCUT2D eigenvalue weighted by Gasteiger charge is 2.02. The normalized spacial score (nSPS) is 10.2. The molecule has 3 nitrogen and oxygen atoms in total. The molecule has 0 bridgehead atoms. The molecule has 2 aromatic carbocycles. The summed E-state index contributed by atoms with van der Waals surface area (Å²) in [6.45, 7) is 0.606. The van der Waals surface area contributed by atoms with Gasteiger partial charge in [0.25, 0.3) is 0 Å². The van der Waals surface area contributed by atoms with Gasteiger partial charge in [0.1, 0.15) is 11.5 Å². The van der Waals surface area contributed by atoms with Gasteiger partial charge in [-0.3, -0.25) is 0 Å². The van der Waals surface area contributed by atoms with E-state index < -0.39 is 0 Å². The van der Waals surface area contributed by atoms with Gasteiger partial charge in [-0.05, 0) is 45.8 Å². The predicted octanol–water partition coefficient (Wildman–Crippen LogP) is 3.66. The van der Waals surface area contributed by atoms with Crippen LogP contribution in [0.5, 0.6) is 11.5 Å². The minimum atomic E-state index is 0.606. The maximum Gasteiger partial charge on any atom is 0.135 e. The minimum absolute atomic E-state index is 0.606. The van der Waals surface area contributed by atoms with Crippen LogP contribution < -0.4 is 15.2 Å². The van der Waals surface area contributed by atoms with E-state index in [2.05, 4.69) is 15.9 Å². The Labute approximate surface area is 121 Å². The van der Waals surface area contributed by atoms with Crippen molar-refractivity contribution in [3.8, 4) is 11.5 Å². The quantitative estimate of drug-likeness (QED) is 0.855. The monoisotopic (exact) mass is 321 g/mol. The molecular formula is C15H16BrNO2. The number of anilines is 1. The third-order valence-electron chi connectivity index (χ3n) is 2.76. The molecular weight excluding hydrogens is 306 g/mol. The molecule has 0 radical (unpaired) electrons. The first-order chi connectivity index (χ1) is 9.19. The highest BCUT2D eigenvalue weighted by atomic mass is 79.9. The van der Waals surface area contributed by atoms with Gasteiger partial charge in [-0.25, -0.2) is 0 Å². The highest BCUT2D eigenvalue weighted by Crippen LogP contribution is 2.27. The van der Waals surface area contributed by atoms with E-state index in [0.29, 0.717) is 12.3 Å². The first-order valence-corrected chi connectivity index (χ1v) is 6.79. The molecule has 0 aliphatic carbocycles. The van der Waals surface area contributed by atoms with E-state index in [1.807, 2.05) is 42.5 Å². The summed E-state index contributed by atoms with van der Waals surface area (Å²) in [5.41, 5.74) is 7.63. The van der Waals surface area contributed by atoms with Crippen LogP contribution in [0.15, 0.2) is 46.9 Å². The summed E-state index contributed by atoms with van der Waals surface area (Å²) < 4.78 is 11.8. The van der Waals surface area contributed by atoms with Crippen molar-refractivity contribution in [3.05, 3.63) is 52.5 Å². The highest BCUT2D eigenvalue weighted by molar-refractivity contribution is 9.10. The molecule has 4 heteroatoms. The number of methoxy groups -OCH3 is 1. The van der Waals surface area contributed by atoms with Crippen molar-refractivity contribution < 1.29 is 9.47 Å². The fraction of sp³-hybridized carbons (Fsp3) is 0.200. The molecule has 100 valence electrons. The minimum Gasteiger partial charge on any atom is -0.497 e. The van der Waals surface area contributed by atoms with Gasteiger partial charge in [-0.15, -0.1) is 0 Å². The lowest BCUT2D eigenvalue weighted by Gasteiger charge is -2.09. The fourth-order valence-corrected chi connectivity index (χ4v) is 2.06. The molecule has 0 unspecified atom stereocenters. The van der Waals surface area contributed by atoms with Gasteiger partial charge in [0.15, 0.2) is 0 Å². The first-order valence-electron chi connectivity index (χ1n) is 6.00. The lowest BCUT2D eigenvalue weighted by molar-refractivity contribution is 0.320. The second kappa shape index (κ2) is 6.48. The second-order valence-corrected chi connectivity index (χ2v) is 4.99. The Morgan fingerprint density at radius 2 is 1.84 bits per heavy atom. The molecule has 0 fully saturated rings. The summed E-state index contributed by atoms with van der Waals surface area (Å²) in [4.78, 5) is 0. The Morgan fingerprint density at radius 3 is 2.53 bits per heavy atom. The van der Waals surface area contributed by atoms with E-state index in [-0.39, 0.29) is 0 Å². The zero-order valence-corrected chi connectivity index (χ0v) is 12.3. The van der Waals surface area contributed by atoms with Crippen LogP contribution in [0.4, 0.5) is 5.69 Å². The Kier molecular flexibility index (Phi) is 4.68. The van der Waals surface area contributed by atoms with Gasteiger partial charge in [0, 0.05) is 18.2 Å². The fourth-order valence-electron chi connectivity index (χ4n) is 1.70. The van der Waals surface area contributed by atoms with Gasteiger partial charge in [0.05, 0.1) is 18.2 Å². The zero-order valence-electron chi connectivity index (χ0n) is 10.7. The van der Waals surface area contributed by atoms with E-state index in [1.54, 1.807) is 7.11 Å². The molecule has 2 aromatic rings. The maximum atomic E-state index is 5.73. The number of benzene rings is 2. The van der Waals surface area contributed by atoms with Gasteiger partial charge in [0.2, 0.25) is 0 Å². The van der Waals surface area contributed by atoms with Crippen LogP contribution in [-0.4, -0.2) is 13.7 Å². The standard InChI is InChI=1S/C15H16BrNO2/c1-18-13-5-2-11(3-6-13)8-9-19-15-10-12(17)4-7-14(15)16/h2-7,10H,8-9,17H2,1H3. The van der Waals surface area contributed by atoms with Crippen molar-refractivity contribution in [2.75, 3.05) is 19.5 Å². The second-order valence-electron chi connectivity index (χ2n) is 4.14. The van der Waals surface area contributed by atoms with Crippen LogP contribution in [0.3, 0.4) is 0 Å². The molecule has 0 saturated carbocycles. The number of nitrogens with two attached hydrogens (primary N) is 1. The molecule has 0 heterocycles. The van der Waals surface area contributed by atoms with E-state index in [1.165, 1.54) is 5.56 Å². The zero-order chi connectivity index (χ0) is 13.7. The summed E-state index contributed by atoms with van der Waals surface area (Å²) in [7, 11) is 1.66. The molecule has 0 spiro atoms. The molecule has 2 rings (SSSR count). The van der Waals surface area contributed by atoms with E-state index in [0.717, 1.165) is 22.4 Å². The average Bonchev–Trinajstić information content (AvgIpc) is 2.43. The Hall–Kier alpha value is -1.68. The molecule has 0 saturated heterocycles. The van der Waals surface area contributed by atoms with Crippen LogP contribution in [0.25, 0.3) is 0 Å². The van der Waals surface area contributed by atoms with E-state index in [9.17, 15) is 0 Å². The van der Waals surface area contributed by atoms with Crippen molar-refractivity contribution in [2.24, 2.45) is 0 Å². The first kappa shape index (κ1) is 13.7. The van der Waals surface area contributed by atoms with E-state index >= 15 is 0 Å². The van der Waals surface area contributed by atoms with Crippen molar-refractivity contribution in [1.82, 2.24) is 0 Å². The smallest absolute Gasteiger partial charge is 0.135 e. The number of ether oxygens (including phenoxy) is 2. The van der Waals surface area contributed by atoms with E-state index in [4.69, 9.17) is 15.2 Å². The molecule has 0 aliphatic heterocycles. The number of nitrogen functional groups attached to an aromatic ring is 1. The topological polar surface area (TPSA) is 44.5 Å². The van der Waals surface area contributed by atoms with Gasteiger partial charge < -0.3 is 15.2 Å². The van der Waals surface area contributed by atoms with Crippen molar-refractivity contribution in [2.45, 2.75) is 6.42 Å². The SMILES string of the molecule is COc1ccc(CCOc2cc(N)ccc2Br)cc1. The molecule has 0 atom stereocenters. The summed E-state index contributed by atoms with van der Waals surface area (Å²) in [6, 6.07) is 13.5. The maximum absolute atomic E-state index is 5.73. The Bertz CT molecular complexity index is 540. The number of rotatable bonds is 5. The van der Waals surface area contributed by atoms with Gasteiger partial charge in [-0.2, -0.15) is 0 Å². The largest absolute Gasteiger partial charge is 0.497 e. The van der Waals surface area contributed by atoms with Crippen molar-refractivity contribution in [1.29, 1.82) is 0 Å². The third-order valence-corrected chi connectivity index (χ3v) is 3.42. The number of halogens is 1. The van der Waals surface area contributed by atoms with Gasteiger partial charge >= 0.3 is 0 Å². The molecule has 2 N–H and O–H groups in total. The molecule has 0 aliphatic rings. The summed E-state index contributed by atoms with van der Waals surface area (Å²) in [5.74, 6) is 1.64. The number of hydrogen-bond donors (Lipinski definition) is 1. The number of hydrogen-bond acceptors (Lipinski definition) is 3. The third kappa shape index (κ3) is 3.89. The van der Waals surface area contributed by atoms with Crippen LogP contribution in [0.1, 0.15) is 5.56 Å². The summed E-state index contributed by atoms with van der Waals surface area (Å²) in [5, 5.41) is 0. The molecule has 0 amide bonds. The van der Waals surface area contributed by atoms with Crippen LogP contribution in [0.2, 0.25) is 0 Å². The van der Waals surface area contributed by atoms with Crippen molar-refractivity contribution in [3.63, 3.8) is 0 Å². The molecule has 0 aromatic heterocycles. The Morgan fingerprint density at radius 1 is 1.11 bits per heavy atom. The summed E-state index contributed by atoms with van der Waals surface area (Å²) in [6.07, 6.45) is 0.839.